The number of hydrogen-bond donors (Lipinski definition) is 3. The molecule has 1 saturated carbocycles. The summed E-state index contributed by atoms with van der Waals surface area (Å²) in [6.45, 7) is 7.72. The number of hydrogen-bond acceptors (Lipinski definition) is 9. The number of β-amino-alcohol motifs (C(OH)–C–C–N with tert-alkyl or cyclic N) is 1. The monoisotopic (exact) mass is 741 g/mol. The lowest BCUT2D eigenvalue weighted by Gasteiger charge is -2.38. The number of ether oxygens (including phenoxy) is 1. The number of phenols is 1. The van der Waals surface area contributed by atoms with Gasteiger partial charge in [0.15, 0.2) is 0 Å². The number of benzene rings is 2. The highest BCUT2D eigenvalue weighted by molar-refractivity contribution is 14.1. The lowest BCUT2D eigenvalue weighted by atomic mass is 9.93. The molecule has 0 unspecified atom stereocenters. The van der Waals surface area contributed by atoms with Gasteiger partial charge in [-0.25, -0.2) is 0 Å². The van der Waals surface area contributed by atoms with E-state index in [-0.39, 0.29) is 23.7 Å². The number of aromatic nitrogens is 2. The molecule has 3 N–H and O–H groups in total. The molecule has 46 heavy (non-hydrogen) atoms. The minimum Gasteiger partial charge on any atom is -0.508 e. The van der Waals surface area contributed by atoms with Gasteiger partial charge in [-0.2, -0.15) is 9.97 Å². The summed E-state index contributed by atoms with van der Waals surface area (Å²) < 4.78 is 7.35. The molecule has 2 aromatic carbocycles. The predicted octanol–water partition coefficient (Wildman–Crippen LogP) is 4.70. The lowest BCUT2D eigenvalue weighted by molar-refractivity contribution is 0.0445. The molecule has 1 aliphatic carbocycles. The van der Waals surface area contributed by atoms with Gasteiger partial charge in [-0.05, 0) is 117 Å². The zero-order valence-corrected chi connectivity index (χ0v) is 28.7. The van der Waals surface area contributed by atoms with Crippen LogP contribution in [0.25, 0.3) is 10.8 Å². The maximum absolute atomic E-state index is 14.1. The highest BCUT2D eigenvalue weighted by atomic mass is 127. The minimum absolute atomic E-state index is 0.0600. The van der Waals surface area contributed by atoms with Gasteiger partial charge in [0.25, 0.3) is 5.91 Å². The fourth-order valence-electron chi connectivity index (χ4n) is 7.62. The van der Waals surface area contributed by atoms with Crippen LogP contribution in [0, 0.1) is 14.9 Å². The van der Waals surface area contributed by atoms with Gasteiger partial charge in [-0.1, -0.05) is 12.1 Å². The number of aliphatic hydroxyl groups excluding tert-OH is 1. The first-order chi connectivity index (χ1) is 22.1. The molecular weight excluding hydrogens is 697 g/mol. The van der Waals surface area contributed by atoms with E-state index >= 15 is 0 Å². The predicted molar refractivity (Wildman–Crippen MR) is 184 cm³/mol. The van der Waals surface area contributed by atoms with Gasteiger partial charge < -0.3 is 34.8 Å². The first-order valence-corrected chi connectivity index (χ1v) is 17.7. The van der Waals surface area contributed by atoms with Crippen LogP contribution in [0.4, 0.5) is 5.82 Å². The van der Waals surface area contributed by atoms with Gasteiger partial charge in [0.1, 0.15) is 11.6 Å². The van der Waals surface area contributed by atoms with Crippen LogP contribution in [0.15, 0.2) is 30.3 Å². The zero-order valence-electron chi connectivity index (χ0n) is 26.5. The number of amides is 1. The van der Waals surface area contributed by atoms with Crippen molar-refractivity contribution in [3.8, 4) is 11.8 Å². The molecule has 0 radical (unpaired) electrons. The third kappa shape index (κ3) is 6.65. The standard InChI is InChI=1S/C35H44IN5O5/c1-34(45)9-3-12-40(20-34)31-27-18-41(32(44)26-17-25(43)16-24-4-2-5-28(36)30(24)26)19-29(27)37-33(38-31)46-22-35(10-11-35)21-39-13-6-23(7-14-39)8-15-42/h2,4-5,16-17,23,42-43,45H,3,6-15,18-22H2,1H3/t34-/m1/s1. The summed E-state index contributed by atoms with van der Waals surface area (Å²) in [5.41, 5.74) is 1.41. The Hall–Kier alpha value is -2.74. The molecule has 0 spiro atoms. The fraction of sp³-hybridized carbons (Fsp3) is 0.571. The third-order valence-electron chi connectivity index (χ3n) is 10.4. The summed E-state index contributed by atoms with van der Waals surface area (Å²) in [5.74, 6) is 1.26. The average molecular weight is 742 g/mol. The summed E-state index contributed by atoms with van der Waals surface area (Å²) in [5, 5.41) is 32.4. The van der Waals surface area contributed by atoms with Crippen molar-refractivity contribution in [3.05, 3.63) is 50.7 Å². The molecule has 246 valence electrons. The normalized spacial score (nSPS) is 23.1. The third-order valence-corrected chi connectivity index (χ3v) is 11.3. The second-order valence-corrected chi connectivity index (χ2v) is 15.5. The fourth-order valence-corrected chi connectivity index (χ4v) is 8.43. The molecule has 1 atom stereocenters. The van der Waals surface area contributed by atoms with Crippen LogP contribution in [0.5, 0.6) is 11.8 Å². The second-order valence-electron chi connectivity index (χ2n) is 14.3. The molecule has 11 heteroatoms. The minimum atomic E-state index is -0.828. The molecule has 1 aromatic heterocycles. The number of piperidine rings is 2. The summed E-state index contributed by atoms with van der Waals surface area (Å²) in [6, 6.07) is 9.38. The van der Waals surface area contributed by atoms with Crippen LogP contribution in [-0.2, 0) is 13.1 Å². The Morgan fingerprint density at radius 1 is 1.11 bits per heavy atom. The number of carbonyl (C=O) groups excluding carboxylic acids is 1. The van der Waals surface area contributed by atoms with E-state index in [2.05, 4.69) is 32.4 Å². The molecule has 4 heterocycles. The Morgan fingerprint density at radius 2 is 1.91 bits per heavy atom. The van der Waals surface area contributed by atoms with E-state index in [1.807, 2.05) is 25.1 Å². The number of carbonyl (C=O) groups is 1. The summed E-state index contributed by atoms with van der Waals surface area (Å²) in [4.78, 5) is 30.4. The van der Waals surface area contributed by atoms with E-state index in [1.165, 1.54) is 0 Å². The maximum atomic E-state index is 14.1. The Bertz CT molecular complexity index is 1620. The molecule has 7 rings (SSSR count). The number of anilines is 1. The van der Waals surface area contributed by atoms with Gasteiger partial charge >= 0.3 is 6.01 Å². The van der Waals surface area contributed by atoms with Gasteiger partial charge in [0, 0.05) is 46.2 Å². The number of rotatable bonds is 9. The highest BCUT2D eigenvalue weighted by Crippen LogP contribution is 2.47. The summed E-state index contributed by atoms with van der Waals surface area (Å²) in [7, 11) is 0. The highest BCUT2D eigenvalue weighted by Gasteiger charge is 2.45. The van der Waals surface area contributed by atoms with Crippen LogP contribution < -0.4 is 9.64 Å². The van der Waals surface area contributed by atoms with Gasteiger partial charge in [0.05, 0.1) is 36.6 Å². The number of phenolic OH excluding ortho intramolecular Hbond substituents is 1. The zero-order chi connectivity index (χ0) is 32.1. The molecule has 2 saturated heterocycles. The van der Waals surface area contributed by atoms with Gasteiger partial charge in [0.2, 0.25) is 0 Å². The Labute approximate surface area is 283 Å². The molecular formula is C35H44IN5O5. The molecule has 10 nitrogen and oxygen atoms in total. The largest absolute Gasteiger partial charge is 0.508 e. The molecule has 3 fully saturated rings. The second kappa shape index (κ2) is 12.7. The quantitative estimate of drug-likeness (QED) is 0.268. The van der Waals surface area contributed by atoms with Crippen molar-refractivity contribution in [1.82, 2.24) is 19.8 Å². The van der Waals surface area contributed by atoms with Crippen molar-refractivity contribution in [2.24, 2.45) is 11.3 Å². The lowest BCUT2D eigenvalue weighted by Crippen LogP contribution is -2.47. The van der Waals surface area contributed by atoms with Gasteiger partial charge in [-0.15, -0.1) is 0 Å². The van der Waals surface area contributed by atoms with Crippen molar-refractivity contribution in [3.63, 3.8) is 0 Å². The number of nitrogens with zero attached hydrogens (tertiary/aromatic N) is 5. The van der Waals surface area contributed by atoms with Crippen LogP contribution in [0.1, 0.15) is 73.5 Å². The SMILES string of the molecule is C[C@@]1(O)CCCN(c2nc(OCC3(CN4CCC(CCO)CC4)CC3)nc3c2CN(C(=O)c2cc(O)cc4cccc(I)c24)C3)C1. The number of aromatic hydroxyl groups is 1. The average Bonchev–Trinajstić information content (AvgIpc) is 3.65. The maximum Gasteiger partial charge on any atom is 0.318 e. The van der Waals surface area contributed by atoms with E-state index in [4.69, 9.17) is 14.7 Å². The Morgan fingerprint density at radius 3 is 2.65 bits per heavy atom. The first-order valence-electron chi connectivity index (χ1n) is 16.7. The van der Waals surface area contributed by atoms with Crippen LogP contribution in [-0.4, -0.2) is 92.5 Å². The Kier molecular flexibility index (Phi) is 8.79. The molecule has 3 aromatic rings. The van der Waals surface area contributed by atoms with E-state index in [1.54, 1.807) is 17.0 Å². The molecule has 0 bridgehead atoms. The number of fused-ring (bicyclic) bond motifs is 2. The van der Waals surface area contributed by atoms with Crippen molar-refractivity contribution >= 4 is 45.1 Å². The van der Waals surface area contributed by atoms with E-state index in [9.17, 15) is 20.1 Å². The van der Waals surface area contributed by atoms with Gasteiger partial charge in [-0.3, -0.25) is 4.79 Å². The van der Waals surface area contributed by atoms with E-state index in [0.29, 0.717) is 43.7 Å². The topological polar surface area (TPSA) is 122 Å². The van der Waals surface area contributed by atoms with Crippen molar-refractivity contribution < 1.29 is 24.9 Å². The molecule has 3 aliphatic heterocycles. The van der Waals surface area contributed by atoms with Crippen LogP contribution in [0.2, 0.25) is 0 Å². The first kappa shape index (κ1) is 31.8. The van der Waals surface area contributed by atoms with E-state index in [0.717, 1.165) is 103 Å². The van der Waals surface area contributed by atoms with E-state index < -0.39 is 5.60 Å². The number of likely N-dealkylation sites (tertiary alicyclic amines) is 1. The molecule has 1 amide bonds. The molecule has 4 aliphatic rings. The Balaban J connectivity index is 1.12. The number of halogens is 1. The van der Waals surface area contributed by atoms with Crippen LogP contribution in [0.3, 0.4) is 0 Å². The number of aliphatic hydroxyl groups is 2. The summed E-state index contributed by atoms with van der Waals surface area (Å²) >= 11 is 2.24. The smallest absolute Gasteiger partial charge is 0.318 e. The van der Waals surface area contributed by atoms with Crippen LogP contribution >= 0.6 is 22.6 Å². The van der Waals surface area contributed by atoms with Crippen molar-refractivity contribution in [2.75, 3.05) is 50.8 Å². The van der Waals surface area contributed by atoms with Crippen molar-refractivity contribution in [1.29, 1.82) is 0 Å². The van der Waals surface area contributed by atoms with Crippen molar-refractivity contribution in [2.45, 2.75) is 70.6 Å². The summed E-state index contributed by atoms with van der Waals surface area (Å²) in [6.07, 6.45) is 7.00.